The Bertz CT molecular complexity index is 797. The van der Waals surface area contributed by atoms with Gasteiger partial charge < -0.3 is 10.4 Å². The maximum Gasteiger partial charge on any atom is 0.321 e. The number of aromatic nitrogens is 1. The third-order valence-electron chi connectivity index (χ3n) is 3.69. The number of nitrogens with zero attached hydrogens (tertiary/aromatic N) is 1. The predicted octanol–water partition coefficient (Wildman–Crippen LogP) is 4.14. The number of hydrogen-bond acceptors (Lipinski definition) is 4. The summed E-state index contributed by atoms with van der Waals surface area (Å²) in [7, 11) is 0. The largest absolute Gasteiger partial charge is 0.508 e. The highest BCUT2D eigenvalue weighted by atomic mass is 32.1. The molecule has 2 aromatic carbocycles. The molecule has 0 aliphatic heterocycles. The molecule has 0 spiro atoms. The van der Waals surface area contributed by atoms with E-state index in [1.54, 1.807) is 12.1 Å². The lowest BCUT2D eigenvalue weighted by atomic mass is 10.1. The Balaban J connectivity index is 1.49. The van der Waals surface area contributed by atoms with Gasteiger partial charge in [0.05, 0.1) is 10.2 Å². The normalized spacial score (nSPS) is 12.0. The van der Waals surface area contributed by atoms with Gasteiger partial charge in [-0.3, -0.25) is 5.32 Å². The van der Waals surface area contributed by atoms with Gasteiger partial charge in [-0.25, -0.2) is 9.78 Å². The van der Waals surface area contributed by atoms with Crippen LogP contribution in [0, 0.1) is 0 Å². The molecule has 1 unspecified atom stereocenters. The molecule has 1 heterocycles. The summed E-state index contributed by atoms with van der Waals surface area (Å²) in [5, 5.41) is 15.6. The van der Waals surface area contributed by atoms with E-state index in [9.17, 15) is 9.90 Å². The average Bonchev–Trinajstić information content (AvgIpc) is 2.96. The van der Waals surface area contributed by atoms with Crippen molar-refractivity contribution in [1.29, 1.82) is 0 Å². The van der Waals surface area contributed by atoms with Crippen LogP contribution in [-0.4, -0.2) is 22.2 Å². The van der Waals surface area contributed by atoms with E-state index in [-0.39, 0.29) is 17.8 Å². The number of rotatable bonds is 5. The maximum atomic E-state index is 12.1. The summed E-state index contributed by atoms with van der Waals surface area (Å²) in [4.78, 5) is 16.5. The van der Waals surface area contributed by atoms with Crippen LogP contribution in [0.5, 0.6) is 5.75 Å². The molecule has 0 saturated heterocycles. The van der Waals surface area contributed by atoms with E-state index in [1.165, 1.54) is 11.3 Å². The first-order valence-corrected chi connectivity index (χ1v) is 8.63. The third kappa shape index (κ3) is 4.23. The summed E-state index contributed by atoms with van der Waals surface area (Å²) in [6, 6.07) is 14.7. The van der Waals surface area contributed by atoms with Crippen molar-refractivity contribution in [3.63, 3.8) is 0 Å². The lowest BCUT2D eigenvalue weighted by Crippen LogP contribution is -2.36. The minimum atomic E-state index is -0.243. The zero-order valence-electron chi connectivity index (χ0n) is 13.3. The molecule has 3 aromatic rings. The molecule has 0 fully saturated rings. The smallest absolute Gasteiger partial charge is 0.321 e. The number of anilines is 1. The average molecular weight is 341 g/mol. The Morgan fingerprint density at radius 1 is 1.21 bits per heavy atom. The Morgan fingerprint density at radius 3 is 2.71 bits per heavy atom. The molecule has 1 aromatic heterocycles. The SMILES string of the molecule is CC(CCc1ccc(O)cc1)NC(=O)Nc1nc2ccccc2s1. The zero-order valence-corrected chi connectivity index (χ0v) is 14.1. The van der Waals surface area contributed by atoms with E-state index in [1.807, 2.05) is 43.3 Å². The number of nitrogens with one attached hydrogen (secondary N) is 2. The minimum absolute atomic E-state index is 0.0354. The van der Waals surface area contributed by atoms with Crippen LogP contribution in [0.4, 0.5) is 9.93 Å². The van der Waals surface area contributed by atoms with Crippen LogP contribution in [0.1, 0.15) is 18.9 Å². The van der Waals surface area contributed by atoms with Crippen molar-refractivity contribution >= 4 is 32.7 Å². The first kappa shape index (κ1) is 16.3. The van der Waals surface area contributed by atoms with Crippen molar-refractivity contribution in [3.05, 3.63) is 54.1 Å². The van der Waals surface area contributed by atoms with Gasteiger partial charge in [0.15, 0.2) is 5.13 Å². The van der Waals surface area contributed by atoms with Gasteiger partial charge in [0.1, 0.15) is 5.75 Å². The Labute approximate surface area is 144 Å². The highest BCUT2D eigenvalue weighted by Crippen LogP contribution is 2.25. The number of urea groups is 1. The number of hydrogen-bond donors (Lipinski definition) is 3. The number of aryl methyl sites for hydroxylation is 1. The molecule has 1 atom stereocenters. The standard InChI is InChI=1S/C18H19N3O2S/c1-12(6-7-13-8-10-14(22)11-9-13)19-17(23)21-18-20-15-4-2-3-5-16(15)24-18/h2-5,8-12,22H,6-7H2,1H3,(H2,19,20,21,23). The molecule has 0 aliphatic carbocycles. The molecule has 3 rings (SSSR count). The van der Waals surface area contributed by atoms with Gasteiger partial charge in [-0.15, -0.1) is 0 Å². The van der Waals surface area contributed by atoms with Crippen molar-refractivity contribution in [3.8, 4) is 5.75 Å². The van der Waals surface area contributed by atoms with E-state index in [2.05, 4.69) is 15.6 Å². The molecule has 2 amide bonds. The van der Waals surface area contributed by atoms with Crippen molar-refractivity contribution in [2.75, 3.05) is 5.32 Å². The van der Waals surface area contributed by atoms with Gasteiger partial charge in [0.25, 0.3) is 0 Å². The molecule has 0 saturated carbocycles. The van der Waals surface area contributed by atoms with Crippen molar-refractivity contribution in [1.82, 2.24) is 10.3 Å². The number of phenolic OH excluding ortho intramolecular Hbond substituents is 1. The van der Waals surface area contributed by atoms with Crippen LogP contribution in [0.25, 0.3) is 10.2 Å². The minimum Gasteiger partial charge on any atom is -0.508 e. The van der Waals surface area contributed by atoms with E-state index in [4.69, 9.17) is 0 Å². The second-order valence-electron chi connectivity index (χ2n) is 5.69. The topological polar surface area (TPSA) is 74.2 Å². The van der Waals surface area contributed by atoms with Crippen molar-refractivity contribution in [2.45, 2.75) is 25.8 Å². The fourth-order valence-electron chi connectivity index (χ4n) is 2.40. The first-order valence-electron chi connectivity index (χ1n) is 7.81. The summed E-state index contributed by atoms with van der Waals surface area (Å²) in [5.41, 5.74) is 2.02. The van der Waals surface area contributed by atoms with Gasteiger partial charge >= 0.3 is 6.03 Å². The molecule has 124 valence electrons. The van der Waals surface area contributed by atoms with Gasteiger partial charge in [-0.2, -0.15) is 0 Å². The number of amides is 2. The van der Waals surface area contributed by atoms with Gasteiger partial charge in [-0.05, 0) is 49.6 Å². The number of para-hydroxylation sites is 1. The predicted molar refractivity (Wildman–Crippen MR) is 97.7 cm³/mol. The third-order valence-corrected chi connectivity index (χ3v) is 4.65. The highest BCUT2D eigenvalue weighted by molar-refractivity contribution is 7.22. The lowest BCUT2D eigenvalue weighted by Gasteiger charge is -2.13. The van der Waals surface area contributed by atoms with Gasteiger partial charge in [0, 0.05) is 6.04 Å². The summed E-state index contributed by atoms with van der Waals surface area (Å²) in [6.07, 6.45) is 1.65. The quantitative estimate of drug-likeness (QED) is 0.653. The fourth-order valence-corrected chi connectivity index (χ4v) is 3.26. The van der Waals surface area contributed by atoms with Crippen LogP contribution in [-0.2, 0) is 6.42 Å². The Morgan fingerprint density at radius 2 is 1.96 bits per heavy atom. The second-order valence-corrected chi connectivity index (χ2v) is 6.72. The zero-order chi connectivity index (χ0) is 16.9. The van der Waals surface area contributed by atoms with E-state index >= 15 is 0 Å². The van der Waals surface area contributed by atoms with Gasteiger partial charge in [0.2, 0.25) is 0 Å². The second kappa shape index (κ2) is 7.31. The number of aromatic hydroxyl groups is 1. The van der Waals surface area contributed by atoms with E-state index < -0.39 is 0 Å². The van der Waals surface area contributed by atoms with Crippen LogP contribution in [0.15, 0.2) is 48.5 Å². The van der Waals surface area contributed by atoms with Crippen LogP contribution >= 0.6 is 11.3 Å². The van der Waals surface area contributed by atoms with Crippen LogP contribution < -0.4 is 10.6 Å². The molecule has 3 N–H and O–H groups in total. The molecule has 24 heavy (non-hydrogen) atoms. The fraction of sp³-hybridized carbons (Fsp3) is 0.222. The number of phenols is 1. The summed E-state index contributed by atoms with van der Waals surface area (Å²) < 4.78 is 1.05. The number of carbonyl (C=O) groups excluding carboxylic acids is 1. The molecular formula is C18H19N3O2S. The van der Waals surface area contributed by atoms with Crippen molar-refractivity contribution < 1.29 is 9.90 Å². The van der Waals surface area contributed by atoms with Crippen LogP contribution in [0.2, 0.25) is 0 Å². The van der Waals surface area contributed by atoms with E-state index in [0.717, 1.165) is 28.6 Å². The Kier molecular flexibility index (Phi) is 4.96. The number of fused-ring (bicyclic) bond motifs is 1. The van der Waals surface area contributed by atoms with Gasteiger partial charge in [-0.1, -0.05) is 35.6 Å². The number of thiazole rings is 1. The number of carbonyl (C=O) groups is 1. The van der Waals surface area contributed by atoms with Crippen LogP contribution in [0.3, 0.4) is 0 Å². The molecule has 0 radical (unpaired) electrons. The molecule has 5 nitrogen and oxygen atoms in total. The molecule has 0 bridgehead atoms. The van der Waals surface area contributed by atoms with Crippen molar-refractivity contribution in [2.24, 2.45) is 0 Å². The molecular weight excluding hydrogens is 322 g/mol. The molecule has 6 heteroatoms. The monoisotopic (exact) mass is 341 g/mol. The Hall–Kier alpha value is -2.60. The summed E-state index contributed by atoms with van der Waals surface area (Å²) in [6.45, 7) is 1.97. The lowest BCUT2D eigenvalue weighted by molar-refractivity contribution is 0.248. The summed E-state index contributed by atoms with van der Waals surface area (Å²) >= 11 is 1.46. The summed E-state index contributed by atoms with van der Waals surface area (Å²) in [5.74, 6) is 0.264. The number of benzene rings is 2. The maximum absolute atomic E-state index is 12.1. The first-order chi connectivity index (χ1) is 11.6. The van der Waals surface area contributed by atoms with E-state index in [0.29, 0.717) is 5.13 Å². The highest BCUT2D eigenvalue weighted by Gasteiger charge is 2.10. The molecule has 0 aliphatic rings.